The first-order valence-corrected chi connectivity index (χ1v) is 9.11. The van der Waals surface area contributed by atoms with Gasteiger partial charge in [0.1, 0.15) is 6.17 Å². The molecule has 24 heavy (non-hydrogen) atoms. The highest BCUT2D eigenvalue weighted by atomic mass is 19.1. The van der Waals surface area contributed by atoms with E-state index in [4.69, 9.17) is 4.74 Å². The van der Waals surface area contributed by atoms with Crippen LogP contribution in [0.3, 0.4) is 0 Å². The molecule has 4 nitrogen and oxygen atoms in total. The number of hydrogen-bond donors (Lipinski definition) is 1. The molecule has 0 bridgehead atoms. The summed E-state index contributed by atoms with van der Waals surface area (Å²) in [7, 11) is 0. The minimum absolute atomic E-state index is 0.0300. The molecule has 2 fully saturated rings. The van der Waals surface area contributed by atoms with E-state index in [0.29, 0.717) is 18.6 Å². The summed E-state index contributed by atoms with van der Waals surface area (Å²) in [6, 6.07) is 7.30. The molecule has 1 aliphatic heterocycles. The van der Waals surface area contributed by atoms with Gasteiger partial charge < -0.3 is 10.1 Å². The van der Waals surface area contributed by atoms with Gasteiger partial charge in [-0.25, -0.2) is 9.18 Å². The van der Waals surface area contributed by atoms with Crippen LogP contribution in [0, 0.1) is 0 Å². The van der Waals surface area contributed by atoms with Crippen LogP contribution >= 0.6 is 0 Å². The fourth-order valence-corrected chi connectivity index (χ4v) is 4.00. The molecule has 3 rings (SSSR count). The zero-order valence-electron chi connectivity index (χ0n) is 14.3. The maximum absolute atomic E-state index is 14.7. The molecule has 0 radical (unpaired) electrons. The van der Waals surface area contributed by atoms with Gasteiger partial charge in [-0.05, 0) is 64.3 Å². The molecule has 1 heterocycles. The van der Waals surface area contributed by atoms with Crippen molar-refractivity contribution in [2.75, 3.05) is 25.0 Å². The summed E-state index contributed by atoms with van der Waals surface area (Å²) in [6.07, 6.45) is 3.94. The molecule has 3 atom stereocenters. The molecule has 1 unspecified atom stereocenters. The molecule has 132 valence electrons. The van der Waals surface area contributed by atoms with Crippen LogP contribution in [0.2, 0.25) is 0 Å². The molecule has 1 saturated carbocycles. The number of ether oxygens (including phenoxy) is 1. The third-order valence-corrected chi connectivity index (χ3v) is 5.10. The second kappa shape index (κ2) is 7.97. The summed E-state index contributed by atoms with van der Waals surface area (Å²) in [5.41, 5.74) is 1.28. The van der Waals surface area contributed by atoms with Crippen molar-refractivity contribution in [1.82, 2.24) is 4.90 Å². The highest BCUT2D eigenvalue weighted by Crippen LogP contribution is 2.31. The standard InChI is InChI=1S/C19H27FN2O2/c1-2-24-19(23)14-8-3-4-10-16(14)21-17-11-7-9-15(20)18(17)22-12-5-6-13-22/h3-4,8,10,15,17-18,21H,2,5-7,9,11-13H2,1H3/t15?,17-,18+/m0/s1. The van der Waals surface area contributed by atoms with Crippen molar-refractivity contribution in [3.8, 4) is 0 Å². The Hall–Kier alpha value is -1.62. The zero-order chi connectivity index (χ0) is 16.9. The number of nitrogens with zero attached hydrogens (tertiary/aromatic N) is 1. The lowest BCUT2D eigenvalue weighted by atomic mass is 9.87. The predicted octanol–water partition coefficient (Wildman–Crippen LogP) is 3.63. The van der Waals surface area contributed by atoms with Gasteiger partial charge in [0.15, 0.2) is 0 Å². The average Bonchev–Trinajstić information content (AvgIpc) is 3.10. The molecular formula is C19H27FN2O2. The van der Waals surface area contributed by atoms with E-state index in [1.165, 1.54) is 0 Å². The minimum Gasteiger partial charge on any atom is -0.462 e. The van der Waals surface area contributed by atoms with E-state index < -0.39 is 6.17 Å². The van der Waals surface area contributed by atoms with Crippen LogP contribution in [0.5, 0.6) is 0 Å². The fraction of sp³-hybridized carbons (Fsp3) is 0.632. The van der Waals surface area contributed by atoms with Crippen LogP contribution in [0.1, 0.15) is 49.4 Å². The van der Waals surface area contributed by atoms with Crippen LogP contribution in [-0.2, 0) is 4.74 Å². The fourth-order valence-electron chi connectivity index (χ4n) is 4.00. The van der Waals surface area contributed by atoms with Crippen LogP contribution in [0.15, 0.2) is 24.3 Å². The number of hydrogen-bond acceptors (Lipinski definition) is 4. The number of nitrogens with one attached hydrogen (secondary N) is 1. The van der Waals surface area contributed by atoms with E-state index in [1.807, 2.05) is 18.2 Å². The number of likely N-dealkylation sites (tertiary alicyclic amines) is 1. The van der Waals surface area contributed by atoms with E-state index >= 15 is 0 Å². The van der Waals surface area contributed by atoms with Crippen LogP contribution in [-0.4, -0.2) is 48.8 Å². The van der Waals surface area contributed by atoms with Crippen molar-refractivity contribution in [3.05, 3.63) is 29.8 Å². The monoisotopic (exact) mass is 334 g/mol. The molecule has 0 aromatic heterocycles. The molecule has 2 aliphatic rings. The van der Waals surface area contributed by atoms with Crippen molar-refractivity contribution in [3.63, 3.8) is 0 Å². The lowest BCUT2D eigenvalue weighted by Gasteiger charge is -2.41. The molecule has 0 spiro atoms. The van der Waals surface area contributed by atoms with Gasteiger partial charge in [-0.1, -0.05) is 12.1 Å². The Labute approximate surface area is 143 Å². The number of esters is 1. The Morgan fingerprint density at radius 2 is 2.00 bits per heavy atom. The number of rotatable bonds is 5. The number of para-hydroxylation sites is 1. The van der Waals surface area contributed by atoms with Crippen molar-refractivity contribution >= 4 is 11.7 Å². The highest BCUT2D eigenvalue weighted by molar-refractivity contribution is 5.95. The SMILES string of the molecule is CCOC(=O)c1ccccc1N[C@H]1CCCC(F)[C@H]1N1CCCC1. The Morgan fingerprint density at radius 3 is 2.75 bits per heavy atom. The Balaban J connectivity index is 1.79. The summed E-state index contributed by atoms with van der Waals surface area (Å²) < 4.78 is 19.8. The minimum atomic E-state index is -0.802. The molecule has 1 N–H and O–H groups in total. The number of carbonyl (C=O) groups is 1. The number of anilines is 1. The second-order valence-corrected chi connectivity index (χ2v) is 6.70. The van der Waals surface area contributed by atoms with Gasteiger partial charge in [-0.3, -0.25) is 4.90 Å². The van der Waals surface area contributed by atoms with Crippen molar-refractivity contribution in [1.29, 1.82) is 0 Å². The van der Waals surface area contributed by atoms with E-state index in [1.54, 1.807) is 13.0 Å². The molecule has 5 heteroatoms. The predicted molar refractivity (Wildman–Crippen MR) is 93.2 cm³/mol. The Bertz CT molecular complexity index is 560. The van der Waals surface area contributed by atoms with Crippen molar-refractivity contribution < 1.29 is 13.9 Å². The van der Waals surface area contributed by atoms with Gasteiger partial charge in [-0.2, -0.15) is 0 Å². The molecule has 1 saturated heterocycles. The summed E-state index contributed by atoms with van der Waals surface area (Å²) in [6.45, 7) is 4.09. The van der Waals surface area contributed by atoms with Gasteiger partial charge >= 0.3 is 5.97 Å². The third-order valence-electron chi connectivity index (χ3n) is 5.10. The van der Waals surface area contributed by atoms with Crippen LogP contribution in [0.4, 0.5) is 10.1 Å². The van der Waals surface area contributed by atoms with E-state index in [9.17, 15) is 9.18 Å². The quantitative estimate of drug-likeness (QED) is 0.835. The molecule has 0 amide bonds. The van der Waals surface area contributed by atoms with Crippen molar-refractivity contribution in [2.45, 2.75) is 57.3 Å². The van der Waals surface area contributed by atoms with Crippen LogP contribution in [0.25, 0.3) is 0 Å². The second-order valence-electron chi connectivity index (χ2n) is 6.70. The van der Waals surface area contributed by atoms with Gasteiger partial charge in [0.05, 0.1) is 18.2 Å². The summed E-state index contributed by atoms with van der Waals surface area (Å²) in [5.74, 6) is -0.328. The summed E-state index contributed by atoms with van der Waals surface area (Å²) in [5, 5.41) is 3.46. The normalized spacial score (nSPS) is 27.8. The van der Waals surface area contributed by atoms with Gasteiger partial charge in [0.25, 0.3) is 0 Å². The Kier molecular flexibility index (Phi) is 5.72. The maximum Gasteiger partial charge on any atom is 0.340 e. The molecular weight excluding hydrogens is 307 g/mol. The van der Waals surface area contributed by atoms with Gasteiger partial charge in [0.2, 0.25) is 0 Å². The number of alkyl halides is 1. The maximum atomic E-state index is 14.7. The van der Waals surface area contributed by atoms with E-state index in [0.717, 1.165) is 44.5 Å². The third kappa shape index (κ3) is 3.72. The first kappa shape index (κ1) is 17.2. The summed E-state index contributed by atoms with van der Waals surface area (Å²) >= 11 is 0. The Morgan fingerprint density at radius 1 is 1.25 bits per heavy atom. The first-order valence-electron chi connectivity index (χ1n) is 9.11. The van der Waals surface area contributed by atoms with E-state index in [-0.39, 0.29) is 18.1 Å². The average molecular weight is 334 g/mol. The lowest BCUT2D eigenvalue weighted by molar-refractivity contribution is 0.0527. The summed E-state index contributed by atoms with van der Waals surface area (Å²) in [4.78, 5) is 14.4. The molecule has 1 aromatic carbocycles. The van der Waals surface area contributed by atoms with Crippen molar-refractivity contribution in [2.24, 2.45) is 0 Å². The highest BCUT2D eigenvalue weighted by Gasteiger charge is 2.38. The smallest absolute Gasteiger partial charge is 0.340 e. The topological polar surface area (TPSA) is 41.6 Å². The largest absolute Gasteiger partial charge is 0.462 e. The van der Waals surface area contributed by atoms with Crippen LogP contribution < -0.4 is 5.32 Å². The first-order chi connectivity index (χ1) is 11.7. The van der Waals surface area contributed by atoms with Gasteiger partial charge in [0, 0.05) is 11.7 Å². The number of benzene rings is 1. The lowest BCUT2D eigenvalue weighted by Crippen LogP contribution is -2.53. The van der Waals surface area contributed by atoms with Gasteiger partial charge in [-0.15, -0.1) is 0 Å². The van der Waals surface area contributed by atoms with E-state index in [2.05, 4.69) is 10.2 Å². The molecule has 1 aromatic rings. The number of halogens is 1. The molecule has 1 aliphatic carbocycles. The zero-order valence-corrected chi connectivity index (χ0v) is 14.3. The number of carbonyl (C=O) groups excluding carboxylic acids is 1.